The molecule has 0 aliphatic carbocycles. The van der Waals surface area contributed by atoms with Gasteiger partial charge in [-0.3, -0.25) is 0 Å². The van der Waals surface area contributed by atoms with Crippen LogP contribution in [0.1, 0.15) is 11.3 Å². The summed E-state index contributed by atoms with van der Waals surface area (Å²) >= 11 is 10.3. The Balaban J connectivity index is 1.92. The number of anilines is 1. The van der Waals surface area contributed by atoms with Gasteiger partial charge >= 0.3 is 0 Å². The van der Waals surface area contributed by atoms with E-state index in [1.54, 1.807) is 0 Å². The lowest BCUT2D eigenvalue weighted by Gasteiger charge is -2.11. The van der Waals surface area contributed by atoms with Crippen molar-refractivity contribution >= 4 is 64.4 Å². The number of pyridine rings is 1. The van der Waals surface area contributed by atoms with Gasteiger partial charge in [0.2, 0.25) is 0 Å². The average Bonchev–Trinajstić information content (AvgIpc) is 2.53. The molecule has 0 aliphatic rings. The molecule has 3 nitrogen and oxygen atoms in total. The van der Waals surface area contributed by atoms with Gasteiger partial charge in [-0.25, -0.2) is 4.98 Å². The number of aryl methyl sites for hydroxylation is 1. The molecule has 0 fully saturated rings. The molecule has 0 bridgehead atoms. The van der Waals surface area contributed by atoms with E-state index in [1.165, 1.54) is 5.56 Å². The topological polar surface area (TPSA) is 45.1 Å². The standard InChI is InChI=1S/C17H13Br3N2O/c1-9-2-3-10(18)6-15(9)21-8-11-4-5-12-13(19)7-14(20)17(23)16(12)22-11/h2-7,21,23H,8H2,1H3. The van der Waals surface area contributed by atoms with E-state index in [1.807, 2.05) is 30.3 Å². The van der Waals surface area contributed by atoms with Crippen molar-refractivity contribution in [1.29, 1.82) is 0 Å². The number of phenolic OH excluding ortho intramolecular Hbond substituents is 1. The number of aromatic nitrogens is 1. The third kappa shape index (κ3) is 3.54. The van der Waals surface area contributed by atoms with E-state index in [0.717, 1.165) is 25.7 Å². The number of hydrogen-bond acceptors (Lipinski definition) is 3. The summed E-state index contributed by atoms with van der Waals surface area (Å²) in [6.07, 6.45) is 0. The van der Waals surface area contributed by atoms with Crippen molar-refractivity contribution < 1.29 is 5.11 Å². The zero-order valence-corrected chi connectivity index (χ0v) is 17.0. The van der Waals surface area contributed by atoms with Gasteiger partial charge in [-0.05, 0) is 58.7 Å². The summed E-state index contributed by atoms with van der Waals surface area (Å²) in [5.41, 5.74) is 3.66. The Bertz CT molecular complexity index is 897. The third-order valence-electron chi connectivity index (χ3n) is 3.57. The molecule has 0 radical (unpaired) electrons. The molecule has 0 spiro atoms. The summed E-state index contributed by atoms with van der Waals surface area (Å²) < 4.78 is 2.55. The fourth-order valence-electron chi connectivity index (χ4n) is 2.31. The molecular formula is C17H13Br3N2O. The van der Waals surface area contributed by atoms with Gasteiger partial charge in [0.05, 0.1) is 16.7 Å². The second-order valence-corrected chi connectivity index (χ2v) is 7.82. The number of aromatic hydroxyl groups is 1. The van der Waals surface area contributed by atoms with Crippen molar-refractivity contribution in [3.63, 3.8) is 0 Å². The molecule has 2 aromatic carbocycles. The smallest absolute Gasteiger partial charge is 0.156 e. The molecule has 0 unspecified atom stereocenters. The number of phenols is 1. The van der Waals surface area contributed by atoms with Gasteiger partial charge < -0.3 is 10.4 Å². The summed E-state index contributed by atoms with van der Waals surface area (Å²) in [5, 5.41) is 14.5. The van der Waals surface area contributed by atoms with Crippen molar-refractivity contribution in [3.05, 3.63) is 61.1 Å². The van der Waals surface area contributed by atoms with Crippen LogP contribution in [0, 0.1) is 6.92 Å². The van der Waals surface area contributed by atoms with E-state index in [0.29, 0.717) is 16.5 Å². The Kier molecular flexibility index (Phi) is 4.94. The normalized spacial score (nSPS) is 11.0. The summed E-state index contributed by atoms with van der Waals surface area (Å²) in [5.74, 6) is 0.156. The largest absolute Gasteiger partial charge is 0.505 e. The Hall–Kier alpha value is -1.11. The Labute approximate surface area is 159 Å². The highest BCUT2D eigenvalue weighted by atomic mass is 79.9. The molecule has 3 rings (SSSR count). The maximum atomic E-state index is 10.2. The summed E-state index contributed by atoms with van der Waals surface area (Å²) in [4.78, 5) is 4.58. The molecule has 118 valence electrons. The van der Waals surface area contributed by atoms with Crippen LogP contribution in [0.5, 0.6) is 5.75 Å². The number of rotatable bonds is 3. The van der Waals surface area contributed by atoms with Crippen molar-refractivity contribution in [3.8, 4) is 5.75 Å². The first kappa shape index (κ1) is 16.7. The van der Waals surface area contributed by atoms with Gasteiger partial charge in [0.25, 0.3) is 0 Å². The molecule has 1 heterocycles. The lowest BCUT2D eigenvalue weighted by molar-refractivity contribution is 0.477. The molecule has 0 aliphatic heterocycles. The lowest BCUT2D eigenvalue weighted by Crippen LogP contribution is -2.03. The van der Waals surface area contributed by atoms with Gasteiger partial charge in [-0.15, -0.1) is 0 Å². The van der Waals surface area contributed by atoms with Crippen molar-refractivity contribution in [2.45, 2.75) is 13.5 Å². The van der Waals surface area contributed by atoms with E-state index in [9.17, 15) is 5.11 Å². The van der Waals surface area contributed by atoms with Crippen LogP contribution in [0.15, 0.2) is 49.8 Å². The summed E-state index contributed by atoms with van der Waals surface area (Å²) in [6, 6.07) is 11.9. The fraction of sp³-hybridized carbons (Fsp3) is 0.118. The molecule has 23 heavy (non-hydrogen) atoms. The first-order valence-corrected chi connectivity index (χ1v) is 9.30. The molecule has 1 aromatic heterocycles. The van der Waals surface area contributed by atoms with Crippen LogP contribution < -0.4 is 5.32 Å². The van der Waals surface area contributed by atoms with Crippen molar-refractivity contribution in [1.82, 2.24) is 4.98 Å². The highest BCUT2D eigenvalue weighted by Crippen LogP contribution is 2.36. The summed E-state index contributed by atoms with van der Waals surface area (Å²) in [6.45, 7) is 2.64. The molecule has 0 atom stereocenters. The SMILES string of the molecule is Cc1ccc(Br)cc1NCc1ccc2c(Br)cc(Br)c(O)c2n1. The van der Waals surface area contributed by atoms with Crippen LogP contribution in [0.3, 0.4) is 0 Å². The van der Waals surface area contributed by atoms with Crippen molar-refractivity contribution in [2.24, 2.45) is 0 Å². The fourth-order valence-corrected chi connectivity index (χ4v) is 3.95. The number of nitrogens with one attached hydrogen (secondary N) is 1. The minimum Gasteiger partial charge on any atom is -0.505 e. The molecule has 0 saturated carbocycles. The van der Waals surface area contributed by atoms with Gasteiger partial charge in [0.15, 0.2) is 5.75 Å². The maximum Gasteiger partial charge on any atom is 0.156 e. The number of hydrogen-bond donors (Lipinski definition) is 2. The molecule has 0 saturated heterocycles. The number of benzene rings is 2. The lowest BCUT2D eigenvalue weighted by atomic mass is 10.1. The quantitative estimate of drug-likeness (QED) is 0.453. The van der Waals surface area contributed by atoms with E-state index < -0.39 is 0 Å². The van der Waals surface area contributed by atoms with Crippen LogP contribution in [-0.2, 0) is 6.54 Å². The monoisotopic (exact) mass is 498 g/mol. The van der Waals surface area contributed by atoms with Crippen LogP contribution in [0.2, 0.25) is 0 Å². The van der Waals surface area contributed by atoms with Crippen LogP contribution in [0.25, 0.3) is 10.9 Å². The second kappa shape index (κ2) is 6.79. The van der Waals surface area contributed by atoms with Gasteiger partial charge in [0, 0.05) is 20.0 Å². The maximum absolute atomic E-state index is 10.2. The number of halogens is 3. The Morgan fingerprint density at radius 3 is 2.61 bits per heavy atom. The number of fused-ring (bicyclic) bond motifs is 1. The third-order valence-corrected chi connectivity index (χ3v) is 5.33. The molecule has 6 heteroatoms. The van der Waals surface area contributed by atoms with Crippen molar-refractivity contribution in [2.75, 3.05) is 5.32 Å². The van der Waals surface area contributed by atoms with E-state index in [2.05, 4.69) is 71.1 Å². The zero-order chi connectivity index (χ0) is 16.6. The van der Waals surface area contributed by atoms with E-state index in [-0.39, 0.29) is 5.75 Å². The average molecular weight is 501 g/mol. The molecule has 3 aromatic rings. The molecule has 2 N–H and O–H groups in total. The zero-order valence-electron chi connectivity index (χ0n) is 12.2. The minimum atomic E-state index is 0.156. The van der Waals surface area contributed by atoms with E-state index >= 15 is 0 Å². The highest BCUT2D eigenvalue weighted by Gasteiger charge is 2.11. The van der Waals surface area contributed by atoms with E-state index in [4.69, 9.17) is 0 Å². The first-order valence-electron chi connectivity index (χ1n) is 6.92. The van der Waals surface area contributed by atoms with Gasteiger partial charge in [0.1, 0.15) is 5.52 Å². The Morgan fingerprint density at radius 1 is 1.04 bits per heavy atom. The second-order valence-electron chi connectivity index (χ2n) is 5.20. The predicted molar refractivity (Wildman–Crippen MR) is 105 cm³/mol. The Morgan fingerprint density at radius 2 is 1.83 bits per heavy atom. The van der Waals surface area contributed by atoms with Gasteiger partial charge in [-0.1, -0.05) is 37.9 Å². The highest BCUT2D eigenvalue weighted by molar-refractivity contribution is 9.11. The van der Waals surface area contributed by atoms with Crippen LogP contribution in [0.4, 0.5) is 5.69 Å². The minimum absolute atomic E-state index is 0.156. The number of nitrogens with zero attached hydrogens (tertiary/aromatic N) is 1. The summed E-state index contributed by atoms with van der Waals surface area (Å²) in [7, 11) is 0. The molecular weight excluding hydrogens is 488 g/mol. The first-order chi connectivity index (χ1) is 11.0. The van der Waals surface area contributed by atoms with Crippen LogP contribution >= 0.6 is 47.8 Å². The van der Waals surface area contributed by atoms with Gasteiger partial charge in [-0.2, -0.15) is 0 Å². The molecule has 0 amide bonds. The predicted octanol–water partition coefficient (Wildman–Crippen LogP) is 6.15. The van der Waals surface area contributed by atoms with Crippen LogP contribution in [-0.4, -0.2) is 10.1 Å².